The van der Waals surface area contributed by atoms with E-state index in [4.69, 9.17) is 9.47 Å². The number of ether oxygens (including phenoxy) is 2. The van der Waals surface area contributed by atoms with Crippen molar-refractivity contribution in [1.82, 2.24) is 14.5 Å². The lowest BCUT2D eigenvalue weighted by Gasteiger charge is -2.42. The molecule has 1 amide bonds. The zero-order valence-electron chi connectivity index (χ0n) is 26.8. The van der Waals surface area contributed by atoms with Crippen LogP contribution in [0.3, 0.4) is 0 Å². The van der Waals surface area contributed by atoms with Crippen molar-refractivity contribution >= 4 is 15.9 Å². The molecular formula is C35H51N3O5S. The highest BCUT2D eigenvalue weighted by molar-refractivity contribution is 7.89. The number of carbonyl (C=O) groups excluding carboxylic acids is 1. The fraction of sp³-hybridized carbons (Fsp3) is 0.629. The van der Waals surface area contributed by atoms with Gasteiger partial charge in [0.2, 0.25) is 15.9 Å². The number of sulfonamides is 1. The molecule has 0 bridgehead atoms. The number of hydrogen-bond donors (Lipinski definition) is 1. The van der Waals surface area contributed by atoms with Crippen LogP contribution in [0.1, 0.15) is 74.5 Å². The minimum absolute atomic E-state index is 0.0352. The van der Waals surface area contributed by atoms with Crippen molar-refractivity contribution in [2.45, 2.75) is 101 Å². The van der Waals surface area contributed by atoms with Gasteiger partial charge in [0.15, 0.2) is 0 Å². The molecule has 3 fully saturated rings. The Hall–Kier alpha value is -2.46. The second kappa shape index (κ2) is 15.2. The molecule has 2 aromatic rings. The monoisotopic (exact) mass is 625 g/mol. The van der Waals surface area contributed by atoms with Crippen LogP contribution < -0.4 is 10.1 Å². The Bertz CT molecular complexity index is 1310. The van der Waals surface area contributed by atoms with Crippen LogP contribution in [0, 0.1) is 19.8 Å². The highest BCUT2D eigenvalue weighted by Gasteiger charge is 2.36. The van der Waals surface area contributed by atoms with E-state index in [9.17, 15) is 13.2 Å². The first-order chi connectivity index (χ1) is 21.2. The maximum Gasteiger partial charge on any atom is 0.246 e. The van der Waals surface area contributed by atoms with E-state index in [1.54, 1.807) is 33.1 Å². The number of piperidine rings is 1. The quantitative estimate of drug-likeness (QED) is 0.347. The van der Waals surface area contributed by atoms with Crippen LogP contribution in [0.5, 0.6) is 5.75 Å². The Morgan fingerprint density at radius 3 is 2.30 bits per heavy atom. The van der Waals surface area contributed by atoms with Gasteiger partial charge in [-0.3, -0.25) is 4.79 Å². The van der Waals surface area contributed by atoms with Crippen molar-refractivity contribution in [1.29, 1.82) is 0 Å². The van der Waals surface area contributed by atoms with Crippen LogP contribution >= 0.6 is 0 Å². The SMILES string of the molecule is COc1cc(C)c(S(=O)(=O)N2CCC(OCC(=O)NC3CCC(C(CCc4ccccc4)N4CCCCC4)CC3)C2)c(C)c1. The number of hydrogen-bond acceptors (Lipinski definition) is 6. The molecule has 1 saturated carbocycles. The number of amides is 1. The lowest BCUT2D eigenvalue weighted by Crippen LogP contribution is -2.47. The number of nitrogens with zero attached hydrogens (tertiary/aromatic N) is 2. The van der Waals surface area contributed by atoms with Crippen LogP contribution in [0.4, 0.5) is 0 Å². The standard InChI is InChI=1S/C35H51N3O5S/c1-26-22-32(42-3)23-27(2)35(26)44(40,41)38-21-18-31(24-38)43-25-34(39)36-30-15-13-29(14-16-30)33(37-19-8-5-9-20-37)17-12-28-10-6-4-7-11-28/h4,6-7,10-11,22-23,29-31,33H,5,8-9,12-21,24-25H2,1-3H3,(H,36,39). The van der Waals surface area contributed by atoms with Gasteiger partial charge in [-0.25, -0.2) is 8.42 Å². The summed E-state index contributed by atoms with van der Waals surface area (Å²) >= 11 is 0. The summed E-state index contributed by atoms with van der Waals surface area (Å²) in [5.41, 5.74) is 2.75. The van der Waals surface area contributed by atoms with E-state index in [1.165, 1.54) is 48.6 Å². The van der Waals surface area contributed by atoms with Gasteiger partial charge in [0.25, 0.3) is 0 Å². The number of methoxy groups -OCH3 is 1. The summed E-state index contributed by atoms with van der Waals surface area (Å²) in [6.07, 6.45) is 10.8. The molecule has 8 nitrogen and oxygen atoms in total. The van der Waals surface area contributed by atoms with Crippen LogP contribution in [-0.4, -0.2) is 81.6 Å². The first-order valence-corrected chi connectivity index (χ1v) is 18.0. The molecule has 0 radical (unpaired) electrons. The third-order valence-corrected chi connectivity index (χ3v) is 12.1. The molecule has 2 aliphatic heterocycles. The molecule has 242 valence electrons. The first kappa shape index (κ1) is 32.9. The molecule has 2 aromatic carbocycles. The van der Waals surface area contributed by atoms with E-state index >= 15 is 0 Å². The molecule has 2 atom stereocenters. The largest absolute Gasteiger partial charge is 0.497 e. The van der Waals surface area contributed by atoms with Gasteiger partial charge in [-0.05, 0) is 119 Å². The van der Waals surface area contributed by atoms with Gasteiger partial charge in [0, 0.05) is 25.2 Å². The number of likely N-dealkylation sites (tertiary alicyclic amines) is 1. The number of benzene rings is 2. The molecule has 44 heavy (non-hydrogen) atoms. The third kappa shape index (κ3) is 8.22. The summed E-state index contributed by atoms with van der Waals surface area (Å²) < 4.78 is 39.6. The van der Waals surface area contributed by atoms with Crippen molar-refractivity contribution in [2.24, 2.45) is 5.92 Å². The van der Waals surface area contributed by atoms with Gasteiger partial charge in [0.05, 0.1) is 18.1 Å². The van der Waals surface area contributed by atoms with Crippen molar-refractivity contribution in [3.63, 3.8) is 0 Å². The molecule has 0 spiro atoms. The maximum absolute atomic E-state index is 13.5. The van der Waals surface area contributed by atoms with E-state index < -0.39 is 10.0 Å². The number of nitrogens with one attached hydrogen (secondary N) is 1. The Morgan fingerprint density at radius 2 is 1.64 bits per heavy atom. The summed E-state index contributed by atoms with van der Waals surface area (Å²) in [5, 5.41) is 3.21. The van der Waals surface area contributed by atoms with Gasteiger partial charge >= 0.3 is 0 Å². The molecule has 1 N–H and O–H groups in total. The number of carbonyl (C=O) groups is 1. The van der Waals surface area contributed by atoms with Crippen molar-refractivity contribution in [3.8, 4) is 5.75 Å². The highest BCUT2D eigenvalue weighted by atomic mass is 32.2. The lowest BCUT2D eigenvalue weighted by atomic mass is 9.78. The number of rotatable bonds is 12. The predicted molar refractivity (Wildman–Crippen MR) is 173 cm³/mol. The Kier molecular flexibility index (Phi) is 11.4. The third-order valence-electron chi connectivity index (χ3n) is 9.94. The smallest absolute Gasteiger partial charge is 0.246 e. The summed E-state index contributed by atoms with van der Waals surface area (Å²) in [5.74, 6) is 1.21. The van der Waals surface area contributed by atoms with Crippen LogP contribution in [0.25, 0.3) is 0 Å². The number of aryl methyl sites for hydroxylation is 3. The molecule has 0 aromatic heterocycles. The minimum Gasteiger partial charge on any atom is -0.497 e. The van der Waals surface area contributed by atoms with Crippen molar-refractivity contribution in [2.75, 3.05) is 39.9 Å². The average molecular weight is 626 g/mol. The van der Waals surface area contributed by atoms with Crippen LogP contribution in [0.15, 0.2) is 47.4 Å². The molecule has 5 rings (SSSR count). The van der Waals surface area contributed by atoms with Gasteiger partial charge in [0.1, 0.15) is 12.4 Å². The molecular weight excluding hydrogens is 574 g/mol. The molecule has 1 aliphatic carbocycles. The topological polar surface area (TPSA) is 88.2 Å². The highest BCUT2D eigenvalue weighted by Crippen LogP contribution is 2.34. The first-order valence-electron chi connectivity index (χ1n) is 16.6. The normalized spacial score (nSPS) is 24.2. The lowest BCUT2D eigenvalue weighted by molar-refractivity contribution is -0.128. The molecule has 2 saturated heterocycles. The second-order valence-electron chi connectivity index (χ2n) is 13.0. The van der Waals surface area contributed by atoms with Crippen LogP contribution in [-0.2, 0) is 26.0 Å². The van der Waals surface area contributed by atoms with E-state index in [0.29, 0.717) is 46.7 Å². The second-order valence-corrected chi connectivity index (χ2v) is 14.9. The maximum atomic E-state index is 13.5. The predicted octanol–water partition coefficient (Wildman–Crippen LogP) is 5.25. The van der Waals surface area contributed by atoms with E-state index in [2.05, 4.69) is 40.5 Å². The summed E-state index contributed by atoms with van der Waals surface area (Å²) in [6, 6.07) is 15.1. The fourth-order valence-corrected chi connectivity index (χ4v) is 9.55. The minimum atomic E-state index is -3.67. The van der Waals surface area contributed by atoms with E-state index in [1.807, 2.05) is 0 Å². The van der Waals surface area contributed by atoms with Crippen LogP contribution in [0.2, 0.25) is 0 Å². The molecule has 2 heterocycles. The van der Waals surface area contributed by atoms with Crippen molar-refractivity contribution < 1.29 is 22.7 Å². The summed E-state index contributed by atoms with van der Waals surface area (Å²) in [7, 11) is -2.09. The Morgan fingerprint density at radius 1 is 0.955 bits per heavy atom. The zero-order valence-corrected chi connectivity index (χ0v) is 27.6. The van der Waals surface area contributed by atoms with Gasteiger partial charge in [-0.15, -0.1) is 0 Å². The molecule has 3 aliphatic rings. The van der Waals surface area contributed by atoms with Gasteiger partial charge in [-0.1, -0.05) is 36.8 Å². The summed E-state index contributed by atoms with van der Waals surface area (Å²) in [4.78, 5) is 15.9. The van der Waals surface area contributed by atoms with Gasteiger partial charge < -0.3 is 19.7 Å². The Labute approximate surface area is 264 Å². The average Bonchev–Trinajstić information content (AvgIpc) is 3.52. The van der Waals surface area contributed by atoms with Crippen molar-refractivity contribution in [3.05, 3.63) is 59.2 Å². The zero-order chi connectivity index (χ0) is 31.1. The molecule has 2 unspecified atom stereocenters. The van der Waals surface area contributed by atoms with E-state index in [-0.39, 0.29) is 31.2 Å². The van der Waals surface area contributed by atoms with E-state index in [0.717, 1.165) is 32.1 Å². The van der Waals surface area contributed by atoms with Gasteiger partial charge in [-0.2, -0.15) is 4.31 Å². The Balaban J connectivity index is 1.07. The summed E-state index contributed by atoms with van der Waals surface area (Å²) in [6.45, 7) is 6.62. The fourth-order valence-electron chi connectivity index (χ4n) is 7.65. The molecule has 9 heteroatoms.